The summed E-state index contributed by atoms with van der Waals surface area (Å²) in [6.07, 6.45) is 5.07. The lowest BCUT2D eigenvalue weighted by atomic mass is 10.1. The van der Waals surface area contributed by atoms with Gasteiger partial charge in [0.1, 0.15) is 6.07 Å². The molecule has 160 valence electrons. The van der Waals surface area contributed by atoms with Crippen LogP contribution >= 0.6 is 0 Å². The van der Waals surface area contributed by atoms with Crippen LogP contribution in [0.25, 0.3) is 33.7 Å². The number of methoxy groups -OCH3 is 1. The quantitative estimate of drug-likeness (QED) is 0.427. The van der Waals surface area contributed by atoms with Crippen molar-refractivity contribution in [2.75, 3.05) is 12.8 Å². The van der Waals surface area contributed by atoms with Crippen molar-refractivity contribution in [1.29, 1.82) is 5.26 Å². The molecular formula is C25H18N6O2. The van der Waals surface area contributed by atoms with Crippen molar-refractivity contribution in [3.63, 3.8) is 0 Å². The maximum atomic E-state index is 12.4. The molecule has 0 amide bonds. The summed E-state index contributed by atoms with van der Waals surface area (Å²) < 4.78 is 8.24. The lowest BCUT2D eigenvalue weighted by Gasteiger charge is -2.11. The zero-order valence-corrected chi connectivity index (χ0v) is 17.6. The van der Waals surface area contributed by atoms with Crippen LogP contribution in [-0.2, 0) is 4.74 Å². The molecule has 0 aliphatic heterocycles. The minimum Gasteiger partial charge on any atom is -0.464 e. The molecule has 0 unspecified atom stereocenters. The molecule has 0 aliphatic rings. The van der Waals surface area contributed by atoms with Crippen LogP contribution in [0.15, 0.2) is 79.3 Å². The van der Waals surface area contributed by atoms with Crippen molar-refractivity contribution in [3.8, 4) is 34.1 Å². The molecule has 0 bridgehead atoms. The van der Waals surface area contributed by atoms with E-state index in [1.54, 1.807) is 21.5 Å². The molecule has 0 radical (unpaired) electrons. The van der Waals surface area contributed by atoms with Crippen LogP contribution in [0, 0.1) is 11.3 Å². The fraction of sp³-hybridized carbons (Fsp3) is 0.0400. The SMILES string of the molecule is COC(=O)c1c(N)c(C#N)cn1-c1cccc(-c2ccnc3c(-c4ccccc4)cnn23)c1. The van der Waals surface area contributed by atoms with Crippen molar-refractivity contribution in [2.24, 2.45) is 0 Å². The predicted octanol–water partition coefficient (Wildman–Crippen LogP) is 4.09. The van der Waals surface area contributed by atoms with E-state index in [-0.39, 0.29) is 16.9 Å². The van der Waals surface area contributed by atoms with Crippen LogP contribution in [0.2, 0.25) is 0 Å². The van der Waals surface area contributed by atoms with E-state index in [4.69, 9.17) is 10.5 Å². The van der Waals surface area contributed by atoms with Gasteiger partial charge in [-0.3, -0.25) is 0 Å². The van der Waals surface area contributed by atoms with Crippen molar-refractivity contribution in [2.45, 2.75) is 0 Å². The third-order valence-electron chi connectivity index (χ3n) is 5.45. The molecule has 8 nitrogen and oxygen atoms in total. The van der Waals surface area contributed by atoms with Gasteiger partial charge in [-0.2, -0.15) is 10.4 Å². The number of carbonyl (C=O) groups excluding carboxylic acids is 1. The van der Waals surface area contributed by atoms with Crippen LogP contribution in [0.5, 0.6) is 0 Å². The van der Waals surface area contributed by atoms with E-state index in [2.05, 4.69) is 10.1 Å². The summed E-state index contributed by atoms with van der Waals surface area (Å²) in [5.41, 5.74) is 11.5. The number of benzene rings is 2. The second-order valence-corrected chi connectivity index (χ2v) is 7.32. The van der Waals surface area contributed by atoms with Gasteiger partial charge in [0.05, 0.1) is 30.3 Å². The van der Waals surface area contributed by atoms with Gasteiger partial charge in [-0.25, -0.2) is 14.3 Å². The van der Waals surface area contributed by atoms with Gasteiger partial charge >= 0.3 is 5.97 Å². The molecule has 3 aromatic heterocycles. The number of hydrogen-bond donors (Lipinski definition) is 1. The number of fused-ring (bicyclic) bond motifs is 1. The highest BCUT2D eigenvalue weighted by atomic mass is 16.5. The third kappa shape index (κ3) is 3.28. The lowest BCUT2D eigenvalue weighted by Crippen LogP contribution is -2.11. The van der Waals surface area contributed by atoms with E-state index in [9.17, 15) is 10.1 Å². The minimum atomic E-state index is -0.620. The standard InChI is InChI=1S/C25H18N6O2/c1-33-25(32)23-22(27)18(13-26)15-30(23)19-9-5-8-17(12-19)21-10-11-28-24-20(14-29-31(21)24)16-6-3-2-4-7-16/h2-12,14-15H,27H2,1H3. The Morgan fingerprint density at radius 3 is 2.64 bits per heavy atom. The van der Waals surface area contributed by atoms with Gasteiger partial charge in [-0.15, -0.1) is 0 Å². The first-order chi connectivity index (χ1) is 16.1. The fourth-order valence-corrected chi connectivity index (χ4v) is 3.86. The molecule has 0 aliphatic carbocycles. The van der Waals surface area contributed by atoms with Crippen molar-refractivity contribution in [3.05, 3.63) is 90.5 Å². The number of rotatable bonds is 4. The first-order valence-corrected chi connectivity index (χ1v) is 10.1. The Labute approximate surface area is 189 Å². The highest BCUT2D eigenvalue weighted by Gasteiger charge is 2.22. The van der Waals surface area contributed by atoms with Crippen LogP contribution < -0.4 is 5.73 Å². The Kier molecular flexibility index (Phi) is 4.84. The maximum Gasteiger partial charge on any atom is 0.357 e. The largest absolute Gasteiger partial charge is 0.464 e. The highest BCUT2D eigenvalue weighted by molar-refractivity contribution is 5.96. The van der Waals surface area contributed by atoms with Gasteiger partial charge in [0.2, 0.25) is 0 Å². The number of aromatic nitrogens is 4. The maximum absolute atomic E-state index is 12.4. The van der Waals surface area contributed by atoms with Gasteiger partial charge in [-0.05, 0) is 23.8 Å². The van der Waals surface area contributed by atoms with Gasteiger partial charge in [0.15, 0.2) is 11.3 Å². The number of esters is 1. The first kappa shape index (κ1) is 20.0. The van der Waals surface area contributed by atoms with Gasteiger partial charge in [-0.1, -0.05) is 42.5 Å². The molecule has 2 aromatic carbocycles. The Balaban J connectivity index is 1.66. The molecule has 3 heterocycles. The molecule has 5 aromatic rings. The summed E-state index contributed by atoms with van der Waals surface area (Å²) in [7, 11) is 1.28. The second-order valence-electron chi connectivity index (χ2n) is 7.32. The number of nitrogen functional groups attached to an aromatic ring is 1. The van der Waals surface area contributed by atoms with E-state index in [1.807, 2.05) is 66.7 Å². The predicted molar refractivity (Wildman–Crippen MR) is 124 cm³/mol. The van der Waals surface area contributed by atoms with Crippen LogP contribution in [0.1, 0.15) is 16.1 Å². The molecule has 0 saturated heterocycles. The second kappa shape index (κ2) is 7.98. The third-order valence-corrected chi connectivity index (χ3v) is 5.45. The summed E-state index contributed by atoms with van der Waals surface area (Å²) in [6.45, 7) is 0. The average molecular weight is 434 g/mol. The topological polar surface area (TPSA) is 111 Å². The molecule has 0 atom stereocenters. The van der Waals surface area contributed by atoms with Gasteiger partial charge in [0, 0.05) is 29.2 Å². The summed E-state index contributed by atoms with van der Waals surface area (Å²) in [5.74, 6) is -0.620. The summed E-state index contributed by atoms with van der Waals surface area (Å²) >= 11 is 0. The van der Waals surface area contributed by atoms with Gasteiger partial charge < -0.3 is 15.0 Å². The van der Waals surface area contributed by atoms with E-state index < -0.39 is 5.97 Å². The summed E-state index contributed by atoms with van der Waals surface area (Å²) in [6, 6.07) is 21.4. The smallest absolute Gasteiger partial charge is 0.357 e. The van der Waals surface area contributed by atoms with Crippen molar-refractivity contribution < 1.29 is 9.53 Å². The van der Waals surface area contributed by atoms with Crippen LogP contribution in [-0.4, -0.2) is 32.2 Å². The Hall–Kier alpha value is -4.90. The van der Waals surface area contributed by atoms with E-state index >= 15 is 0 Å². The van der Waals surface area contributed by atoms with Crippen molar-refractivity contribution in [1.82, 2.24) is 19.2 Å². The minimum absolute atomic E-state index is 0.0839. The summed E-state index contributed by atoms with van der Waals surface area (Å²) in [4.78, 5) is 16.9. The Bertz CT molecular complexity index is 1540. The lowest BCUT2D eigenvalue weighted by molar-refractivity contribution is 0.0593. The number of nitrogens with two attached hydrogens (primary N) is 1. The van der Waals surface area contributed by atoms with E-state index in [0.717, 1.165) is 28.0 Å². The molecule has 5 rings (SSSR count). The molecule has 0 fully saturated rings. The zero-order chi connectivity index (χ0) is 22.9. The van der Waals surface area contributed by atoms with E-state index in [0.29, 0.717) is 5.69 Å². The van der Waals surface area contributed by atoms with Crippen LogP contribution in [0.4, 0.5) is 5.69 Å². The number of nitrogens with zero attached hydrogens (tertiary/aromatic N) is 5. The number of carbonyl (C=O) groups is 1. The molecule has 0 saturated carbocycles. The normalized spacial score (nSPS) is 10.8. The molecule has 8 heteroatoms. The molecule has 33 heavy (non-hydrogen) atoms. The Morgan fingerprint density at radius 2 is 1.88 bits per heavy atom. The van der Waals surface area contributed by atoms with E-state index in [1.165, 1.54) is 13.3 Å². The Morgan fingerprint density at radius 1 is 1.09 bits per heavy atom. The monoisotopic (exact) mass is 434 g/mol. The zero-order valence-electron chi connectivity index (χ0n) is 17.6. The number of anilines is 1. The fourth-order valence-electron chi connectivity index (χ4n) is 3.86. The first-order valence-electron chi connectivity index (χ1n) is 10.1. The average Bonchev–Trinajstić information content (AvgIpc) is 3.45. The van der Waals surface area contributed by atoms with Gasteiger partial charge in [0.25, 0.3) is 0 Å². The molecule has 2 N–H and O–H groups in total. The number of nitriles is 1. The molecule has 0 spiro atoms. The van der Waals surface area contributed by atoms with Crippen molar-refractivity contribution >= 4 is 17.3 Å². The number of hydrogen-bond acceptors (Lipinski definition) is 6. The van der Waals surface area contributed by atoms with Crippen LogP contribution in [0.3, 0.4) is 0 Å². The molecular weight excluding hydrogens is 416 g/mol. The number of ether oxygens (including phenoxy) is 1. The summed E-state index contributed by atoms with van der Waals surface area (Å²) in [5, 5.41) is 14.0. The highest BCUT2D eigenvalue weighted by Crippen LogP contribution is 2.30.